The summed E-state index contributed by atoms with van der Waals surface area (Å²) in [6.07, 6.45) is 0. The van der Waals surface area contributed by atoms with E-state index < -0.39 is 10.0 Å². The molecule has 1 aromatic carbocycles. The quantitative estimate of drug-likeness (QED) is 0.380. The lowest BCUT2D eigenvalue weighted by Crippen LogP contribution is -2.32. The van der Waals surface area contributed by atoms with Gasteiger partial charge in [0.15, 0.2) is 0 Å². The summed E-state index contributed by atoms with van der Waals surface area (Å²) in [6.45, 7) is 0.764. The summed E-state index contributed by atoms with van der Waals surface area (Å²) in [4.78, 5) is 11.4. The first kappa shape index (κ1) is 16.2. The van der Waals surface area contributed by atoms with E-state index in [2.05, 4.69) is 10.6 Å². The number of rotatable bonds is 7. The molecule has 1 rings (SSSR count). The average molecular weight is 302 g/mol. The molecule has 0 heterocycles. The van der Waals surface area contributed by atoms with Gasteiger partial charge in [0.2, 0.25) is 15.9 Å². The number of benzene rings is 1. The van der Waals surface area contributed by atoms with E-state index in [4.69, 9.17) is 15.6 Å². The van der Waals surface area contributed by atoms with Crippen LogP contribution in [0.2, 0.25) is 0 Å². The van der Waals surface area contributed by atoms with Crippen LogP contribution in [0, 0.1) is 0 Å². The van der Waals surface area contributed by atoms with Crippen molar-refractivity contribution in [3.8, 4) is 0 Å². The molecule has 0 spiro atoms. The van der Waals surface area contributed by atoms with Crippen LogP contribution in [0.4, 0.5) is 11.4 Å². The highest BCUT2D eigenvalue weighted by Crippen LogP contribution is 2.21. The zero-order valence-corrected chi connectivity index (χ0v) is 11.9. The van der Waals surface area contributed by atoms with Gasteiger partial charge in [0.1, 0.15) is 0 Å². The van der Waals surface area contributed by atoms with Crippen molar-refractivity contribution in [3.05, 3.63) is 18.2 Å². The van der Waals surface area contributed by atoms with Crippen LogP contribution < -0.4 is 21.5 Å². The predicted molar refractivity (Wildman–Crippen MR) is 75.6 cm³/mol. The Kier molecular flexibility index (Phi) is 5.74. The number of carbonyl (C=O) groups is 1. The molecule has 0 unspecified atom stereocenters. The molecule has 0 bridgehead atoms. The smallest absolute Gasteiger partial charge is 0.239 e. The SMILES string of the molecule is COCCNC(=O)CNc1cc(S(N)(=O)=O)ccc1N. The van der Waals surface area contributed by atoms with Crippen molar-refractivity contribution < 1.29 is 17.9 Å². The molecule has 0 aromatic heterocycles. The standard InChI is InChI=1S/C11H18N4O4S/c1-19-5-4-14-11(16)7-15-10-6-8(20(13,17)18)2-3-9(10)12/h2-3,6,15H,4-5,7,12H2,1H3,(H,14,16)(H2,13,17,18). The molecule has 0 aliphatic heterocycles. The molecule has 6 N–H and O–H groups in total. The molecule has 9 heteroatoms. The monoisotopic (exact) mass is 302 g/mol. The highest BCUT2D eigenvalue weighted by atomic mass is 32.2. The number of carbonyl (C=O) groups excluding carboxylic acids is 1. The van der Waals surface area contributed by atoms with E-state index in [1.807, 2.05) is 0 Å². The molecule has 0 aliphatic carbocycles. The maximum Gasteiger partial charge on any atom is 0.239 e. The molecular formula is C11H18N4O4S. The van der Waals surface area contributed by atoms with E-state index in [-0.39, 0.29) is 17.3 Å². The van der Waals surface area contributed by atoms with Gasteiger partial charge in [-0.1, -0.05) is 0 Å². The van der Waals surface area contributed by atoms with Crippen molar-refractivity contribution >= 4 is 27.3 Å². The number of amides is 1. The maximum atomic E-state index is 11.5. The number of nitrogens with two attached hydrogens (primary N) is 2. The van der Waals surface area contributed by atoms with Gasteiger partial charge >= 0.3 is 0 Å². The van der Waals surface area contributed by atoms with Crippen LogP contribution in [0.15, 0.2) is 23.1 Å². The van der Waals surface area contributed by atoms with Crippen molar-refractivity contribution in [1.29, 1.82) is 0 Å². The molecule has 0 fully saturated rings. The second kappa shape index (κ2) is 7.08. The number of hydrogen-bond acceptors (Lipinski definition) is 6. The lowest BCUT2D eigenvalue weighted by molar-refractivity contribution is -0.119. The topological polar surface area (TPSA) is 137 Å². The van der Waals surface area contributed by atoms with Crippen LogP contribution in [0.3, 0.4) is 0 Å². The van der Waals surface area contributed by atoms with Crippen molar-refractivity contribution in [1.82, 2.24) is 5.32 Å². The Morgan fingerprint density at radius 2 is 2.10 bits per heavy atom. The van der Waals surface area contributed by atoms with Crippen LogP contribution in [-0.2, 0) is 19.6 Å². The average Bonchev–Trinajstić information content (AvgIpc) is 2.36. The lowest BCUT2D eigenvalue weighted by Gasteiger charge is -2.11. The molecule has 0 saturated heterocycles. The van der Waals surface area contributed by atoms with Gasteiger partial charge in [-0.2, -0.15) is 0 Å². The first-order valence-electron chi connectivity index (χ1n) is 5.76. The van der Waals surface area contributed by atoms with Gasteiger partial charge in [-0.3, -0.25) is 4.79 Å². The molecule has 0 saturated carbocycles. The Morgan fingerprint density at radius 3 is 2.70 bits per heavy atom. The van der Waals surface area contributed by atoms with Gasteiger partial charge in [0.05, 0.1) is 29.4 Å². The van der Waals surface area contributed by atoms with E-state index in [0.29, 0.717) is 24.5 Å². The fourth-order valence-electron chi connectivity index (χ4n) is 1.40. The summed E-state index contributed by atoms with van der Waals surface area (Å²) in [5.41, 5.74) is 6.34. The second-order valence-corrected chi connectivity index (χ2v) is 5.55. The number of hydrogen-bond donors (Lipinski definition) is 4. The third kappa shape index (κ3) is 5.03. The third-order valence-electron chi connectivity index (χ3n) is 2.42. The van der Waals surface area contributed by atoms with Gasteiger partial charge in [-0.05, 0) is 18.2 Å². The zero-order valence-electron chi connectivity index (χ0n) is 11.0. The molecule has 112 valence electrons. The first-order valence-corrected chi connectivity index (χ1v) is 7.31. The Morgan fingerprint density at radius 1 is 1.40 bits per heavy atom. The summed E-state index contributed by atoms with van der Waals surface area (Å²) >= 11 is 0. The summed E-state index contributed by atoms with van der Waals surface area (Å²) in [6, 6.07) is 3.99. The number of primary sulfonamides is 1. The van der Waals surface area contributed by atoms with E-state index in [1.54, 1.807) is 0 Å². The summed E-state index contributed by atoms with van der Waals surface area (Å²) in [5.74, 6) is -0.262. The Labute approximate surface area is 117 Å². The van der Waals surface area contributed by atoms with Crippen molar-refractivity contribution in [2.24, 2.45) is 5.14 Å². The minimum absolute atomic E-state index is 0.0397. The van der Waals surface area contributed by atoms with E-state index >= 15 is 0 Å². The van der Waals surface area contributed by atoms with Crippen molar-refractivity contribution in [3.63, 3.8) is 0 Å². The van der Waals surface area contributed by atoms with Crippen molar-refractivity contribution in [2.45, 2.75) is 4.90 Å². The van der Waals surface area contributed by atoms with E-state index in [9.17, 15) is 13.2 Å². The highest BCUT2D eigenvalue weighted by molar-refractivity contribution is 7.89. The van der Waals surface area contributed by atoms with Crippen LogP contribution >= 0.6 is 0 Å². The normalized spacial score (nSPS) is 11.1. The Balaban J connectivity index is 2.66. The summed E-state index contributed by atoms with van der Waals surface area (Å²) < 4.78 is 27.2. The van der Waals surface area contributed by atoms with Crippen molar-refractivity contribution in [2.75, 3.05) is 37.9 Å². The van der Waals surface area contributed by atoms with Crippen LogP contribution in [0.5, 0.6) is 0 Å². The number of nitrogen functional groups attached to an aromatic ring is 1. The highest BCUT2D eigenvalue weighted by Gasteiger charge is 2.11. The molecule has 0 aliphatic rings. The van der Waals surface area contributed by atoms with Gasteiger partial charge in [-0.15, -0.1) is 0 Å². The summed E-state index contributed by atoms with van der Waals surface area (Å²) in [7, 11) is -2.28. The predicted octanol–water partition coefficient (Wildman–Crippen LogP) is -0.909. The molecule has 0 radical (unpaired) electrons. The minimum atomic E-state index is -3.81. The largest absolute Gasteiger partial charge is 0.397 e. The number of methoxy groups -OCH3 is 1. The lowest BCUT2D eigenvalue weighted by atomic mass is 10.2. The number of sulfonamides is 1. The Hall–Kier alpha value is -1.84. The molecule has 8 nitrogen and oxygen atoms in total. The fraction of sp³-hybridized carbons (Fsp3) is 0.364. The Bertz CT molecular complexity index is 574. The first-order chi connectivity index (χ1) is 9.34. The molecular weight excluding hydrogens is 284 g/mol. The van der Waals surface area contributed by atoms with Crippen LogP contribution in [0.1, 0.15) is 0 Å². The molecule has 0 atom stereocenters. The second-order valence-electron chi connectivity index (χ2n) is 3.99. The van der Waals surface area contributed by atoms with Gasteiger partial charge in [0.25, 0.3) is 0 Å². The number of anilines is 2. The van der Waals surface area contributed by atoms with E-state index in [0.717, 1.165) is 0 Å². The maximum absolute atomic E-state index is 11.5. The van der Waals surface area contributed by atoms with E-state index in [1.165, 1.54) is 25.3 Å². The third-order valence-corrected chi connectivity index (χ3v) is 3.33. The molecule has 20 heavy (non-hydrogen) atoms. The van der Waals surface area contributed by atoms with Crippen LogP contribution in [-0.4, -0.2) is 41.1 Å². The molecule has 1 amide bonds. The molecule has 1 aromatic rings. The van der Waals surface area contributed by atoms with Gasteiger partial charge < -0.3 is 21.1 Å². The number of ether oxygens (including phenoxy) is 1. The summed E-state index contributed by atoms with van der Waals surface area (Å²) in [5, 5.41) is 10.4. The van der Waals surface area contributed by atoms with Gasteiger partial charge in [-0.25, -0.2) is 13.6 Å². The van der Waals surface area contributed by atoms with Crippen LogP contribution in [0.25, 0.3) is 0 Å². The number of nitrogens with one attached hydrogen (secondary N) is 2. The van der Waals surface area contributed by atoms with Gasteiger partial charge in [0, 0.05) is 13.7 Å². The minimum Gasteiger partial charge on any atom is -0.397 e. The zero-order chi connectivity index (χ0) is 15.2. The fourth-order valence-corrected chi connectivity index (χ4v) is 1.94.